The van der Waals surface area contributed by atoms with Crippen molar-refractivity contribution in [2.45, 2.75) is 20.0 Å². The number of aryl methyl sites for hydroxylation is 1. The molecule has 2 rings (SSSR count). The van der Waals surface area contributed by atoms with Gasteiger partial charge in [-0.15, -0.1) is 0 Å². The minimum atomic E-state index is -4.39. The molecule has 0 saturated heterocycles. The molecule has 0 atom stereocenters. The molecule has 0 bridgehead atoms. The number of benzene rings is 1. The van der Waals surface area contributed by atoms with Gasteiger partial charge >= 0.3 is 16.3 Å². The maximum atomic E-state index is 12.5. The number of aromatic nitrogens is 1. The van der Waals surface area contributed by atoms with Gasteiger partial charge in [-0.25, -0.2) is 4.98 Å². The third-order valence-corrected chi connectivity index (χ3v) is 4.26. The molecule has 0 spiro atoms. The van der Waals surface area contributed by atoms with Gasteiger partial charge in [-0.1, -0.05) is 12.1 Å². The molecule has 0 aliphatic rings. The second-order valence-corrected chi connectivity index (χ2v) is 6.64. The van der Waals surface area contributed by atoms with Crippen LogP contribution in [0.25, 0.3) is 11.3 Å². The first-order valence-electron chi connectivity index (χ1n) is 6.70. The van der Waals surface area contributed by atoms with E-state index in [1.165, 1.54) is 31.2 Å². The Morgan fingerprint density at radius 3 is 2.17 bits per heavy atom. The number of rotatable bonds is 4. The minimum Gasteiger partial charge on any atom is -0.380 e. The Kier molecular flexibility index (Phi) is 4.65. The molecule has 1 aromatic carbocycles. The lowest BCUT2D eigenvalue weighted by atomic mass is 10.1. The van der Waals surface area contributed by atoms with E-state index in [9.17, 15) is 21.6 Å². The molecule has 0 unspecified atom stereocenters. The largest absolute Gasteiger partial charge is 0.416 e. The summed E-state index contributed by atoms with van der Waals surface area (Å²) in [5, 5.41) is 0. The number of halogens is 3. The molecule has 124 valence electrons. The average Bonchev–Trinajstić information content (AvgIpc) is 2.48. The predicted molar refractivity (Wildman–Crippen MR) is 79.5 cm³/mol. The number of hydrogen-bond acceptors (Lipinski definition) is 4. The van der Waals surface area contributed by atoms with Crippen molar-refractivity contribution < 1.29 is 25.8 Å². The molecular weight excluding hydrogens is 331 g/mol. The van der Waals surface area contributed by atoms with Gasteiger partial charge in [0.1, 0.15) is 0 Å². The van der Waals surface area contributed by atoms with Gasteiger partial charge in [-0.2, -0.15) is 21.6 Å². The standard InChI is InChI=1S/C15H14F3NO3S/c1-3-23(20,21)22-14-9-8-13(19-10(14)2)11-4-6-12(7-5-11)15(16,17)18/h4-9H,3H2,1-2H3. The van der Waals surface area contributed by atoms with Crippen LogP contribution in [0, 0.1) is 6.92 Å². The van der Waals surface area contributed by atoms with E-state index >= 15 is 0 Å². The van der Waals surface area contributed by atoms with Crippen LogP contribution in [-0.4, -0.2) is 19.2 Å². The van der Waals surface area contributed by atoms with Crippen molar-refractivity contribution in [2.75, 3.05) is 5.75 Å². The smallest absolute Gasteiger partial charge is 0.380 e. The van der Waals surface area contributed by atoms with E-state index in [1.807, 2.05) is 0 Å². The fourth-order valence-corrected chi connectivity index (χ4v) is 2.39. The highest BCUT2D eigenvalue weighted by molar-refractivity contribution is 7.87. The summed E-state index contributed by atoms with van der Waals surface area (Å²) in [4.78, 5) is 4.18. The first kappa shape index (κ1) is 17.3. The summed E-state index contributed by atoms with van der Waals surface area (Å²) in [6, 6.07) is 7.50. The van der Waals surface area contributed by atoms with Crippen molar-refractivity contribution in [3.63, 3.8) is 0 Å². The van der Waals surface area contributed by atoms with Crippen LogP contribution >= 0.6 is 0 Å². The molecule has 0 aliphatic heterocycles. The van der Waals surface area contributed by atoms with Crippen molar-refractivity contribution in [3.05, 3.63) is 47.7 Å². The highest BCUT2D eigenvalue weighted by Gasteiger charge is 2.30. The van der Waals surface area contributed by atoms with Crippen molar-refractivity contribution in [3.8, 4) is 17.0 Å². The predicted octanol–water partition coefficient (Wildman–Crippen LogP) is 3.80. The molecular formula is C15H14F3NO3S. The maximum Gasteiger partial charge on any atom is 0.416 e. The molecule has 1 aromatic heterocycles. The molecule has 0 saturated carbocycles. The van der Waals surface area contributed by atoms with Gasteiger partial charge in [0.2, 0.25) is 0 Å². The summed E-state index contributed by atoms with van der Waals surface area (Å²) < 4.78 is 65.4. The summed E-state index contributed by atoms with van der Waals surface area (Å²) in [5.41, 5.74) is 0.509. The van der Waals surface area contributed by atoms with Crippen LogP contribution in [-0.2, 0) is 16.3 Å². The zero-order valence-electron chi connectivity index (χ0n) is 12.4. The molecule has 0 radical (unpaired) electrons. The third-order valence-electron chi connectivity index (χ3n) is 3.12. The quantitative estimate of drug-likeness (QED) is 0.791. The molecule has 4 nitrogen and oxygen atoms in total. The SMILES string of the molecule is CCS(=O)(=O)Oc1ccc(-c2ccc(C(F)(F)F)cc2)nc1C. The van der Waals surface area contributed by atoms with Gasteiger partial charge in [0.15, 0.2) is 5.75 Å². The second kappa shape index (κ2) is 6.19. The third kappa shape index (κ3) is 4.22. The lowest BCUT2D eigenvalue weighted by molar-refractivity contribution is -0.137. The van der Waals surface area contributed by atoms with E-state index < -0.39 is 21.9 Å². The Hall–Kier alpha value is -2.09. The minimum absolute atomic E-state index is 0.0995. The van der Waals surface area contributed by atoms with Gasteiger partial charge in [-0.3, -0.25) is 0 Å². The zero-order valence-corrected chi connectivity index (χ0v) is 13.2. The Labute approximate surface area is 132 Å². The number of hydrogen-bond donors (Lipinski definition) is 0. The van der Waals surface area contributed by atoms with Gasteiger partial charge in [0.25, 0.3) is 0 Å². The van der Waals surface area contributed by atoms with Crippen LogP contribution in [0.5, 0.6) is 5.75 Å². The lowest BCUT2D eigenvalue weighted by Gasteiger charge is -2.10. The molecule has 0 amide bonds. The molecule has 23 heavy (non-hydrogen) atoms. The van der Waals surface area contributed by atoms with Crippen LogP contribution in [0.1, 0.15) is 18.2 Å². The Balaban J connectivity index is 2.30. The first-order valence-corrected chi connectivity index (χ1v) is 8.27. The Morgan fingerprint density at radius 2 is 1.70 bits per heavy atom. The summed E-state index contributed by atoms with van der Waals surface area (Å²) in [5.74, 6) is -0.0740. The van der Waals surface area contributed by atoms with Crippen LogP contribution in [0.15, 0.2) is 36.4 Å². The summed E-state index contributed by atoms with van der Waals surface area (Å²) in [6.07, 6.45) is -4.39. The molecule has 0 aliphatic carbocycles. The van der Waals surface area contributed by atoms with Crippen molar-refractivity contribution in [1.29, 1.82) is 0 Å². The topological polar surface area (TPSA) is 56.3 Å². The van der Waals surface area contributed by atoms with Crippen LogP contribution in [0.3, 0.4) is 0 Å². The van der Waals surface area contributed by atoms with Crippen molar-refractivity contribution >= 4 is 10.1 Å². The monoisotopic (exact) mass is 345 g/mol. The van der Waals surface area contributed by atoms with Crippen LogP contribution < -0.4 is 4.18 Å². The fourth-order valence-electron chi connectivity index (χ4n) is 1.82. The van der Waals surface area contributed by atoms with Crippen LogP contribution in [0.4, 0.5) is 13.2 Å². The van der Waals surface area contributed by atoms with Gasteiger partial charge in [0, 0.05) is 5.56 Å². The number of pyridine rings is 1. The van der Waals surface area contributed by atoms with Gasteiger partial charge < -0.3 is 4.18 Å². The summed E-state index contributed by atoms with van der Waals surface area (Å²) >= 11 is 0. The average molecular weight is 345 g/mol. The Morgan fingerprint density at radius 1 is 1.09 bits per heavy atom. The highest BCUT2D eigenvalue weighted by atomic mass is 32.2. The van der Waals surface area contributed by atoms with E-state index in [0.29, 0.717) is 17.0 Å². The van der Waals surface area contributed by atoms with Crippen molar-refractivity contribution in [2.24, 2.45) is 0 Å². The second-order valence-electron chi connectivity index (χ2n) is 4.78. The normalized spacial score (nSPS) is 12.2. The van der Waals surface area contributed by atoms with E-state index in [0.717, 1.165) is 12.1 Å². The fraction of sp³-hybridized carbons (Fsp3) is 0.267. The van der Waals surface area contributed by atoms with Crippen LogP contribution in [0.2, 0.25) is 0 Å². The first-order chi connectivity index (χ1) is 10.6. The zero-order chi connectivity index (χ0) is 17.3. The van der Waals surface area contributed by atoms with Gasteiger partial charge in [0.05, 0.1) is 22.7 Å². The summed E-state index contributed by atoms with van der Waals surface area (Å²) in [6.45, 7) is 3.02. The van der Waals surface area contributed by atoms with E-state index in [-0.39, 0.29) is 11.5 Å². The van der Waals surface area contributed by atoms with E-state index in [4.69, 9.17) is 4.18 Å². The molecule has 8 heteroatoms. The maximum absolute atomic E-state index is 12.5. The molecule has 0 N–H and O–H groups in total. The Bertz CT molecular complexity index is 800. The lowest BCUT2D eigenvalue weighted by Crippen LogP contribution is -2.12. The number of nitrogens with zero attached hydrogens (tertiary/aromatic N) is 1. The highest BCUT2D eigenvalue weighted by Crippen LogP contribution is 2.31. The molecule has 0 fully saturated rings. The van der Waals surface area contributed by atoms with E-state index in [1.54, 1.807) is 6.92 Å². The van der Waals surface area contributed by atoms with Crippen molar-refractivity contribution in [1.82, 2.24) is 4.98 Å². The molecule has 1 heterocycles. The molecule has 2 aromatic rings. The summed E-state index contributed by atoms with van der Waals surface area (Å²) in [7, 11) is -3.66. The van der Waals surface area contributed by atoms with Gasteiger partial charge in [-0.05, 0) is 38.1 Å². The van der Waals surface area contributed by atoms with E-state index in [2.05, 4.69) is 4.98 Å². The number of alkyl halides is 3.